The molecule has 26 heavy (non-hydrogen) atoms. The minimum atomic E-state index is -0.679. The van der Waals surface area contributed by atoms with Gasteiger partial charge < -0.3 is 24.6 Å². The Hall–Kier alpha value is -2.87. The number of methoxy groups -OCH3 is 1. The lowest BCUT2D eigenvalue weighted by atomic mass is 10.1. The van der Waals surface area contributed by atoms with E-state index in [1.807, 2.05) is 24.3 Å². The van der Waals surface area contributed by atoms with E-state index in [1.165, 1.54) is 11.8 Å². The van der Waals surface area contributed by atoms with E-state index in [0.29, 0.717) is 11.5 Å². The number of nitrogens with zero attached hydrogens (tertiary/aromatic N) is 2. The van der Waals surface area contributed by atoms with Crippen LogP contribution in [0.5, 0.6) is 5.75 Å². The van der Waals surface area contributed by atoms with Crippen molar-refractivity contribution in [1.29, 1.82) is 0 Å². The van der Waals surface area contributed by atoms with E-state index in [-0.39, 0.29) is 31.3 Å². The number of nitrogens with one attached hydrogen (secondary N) is 1. The number of carbonyl (C=O) groups excluding carboxylic acids is 2. The van der Waals surface area contributed by atoms with Crippen molar-refractivity contribution in [2.45, 2.75) is 32.0 Å². The lowest BCUT2D eigenvalue weighted by molar-refractivity contribution is -0.137. The molecule has 2 N–H and O–H groups in total. The van der Waals surface area contributed by atoms with Gasteiger partial charge in [0.2, 0.25) is 11.8 Å². The highest BCUT2D eigenvalue weighted by Gasteiger charge is 2.37. The summed E-state index contributed by atoms with van der Waals surface area (Å²) in [7, 11) is 1.60. The monoisotopic (exact) mass is 359 g/mol. The van der Waals surface area contributed by atoms with Gasteiger partial charge in [0.15, 0.2) is 5.76 Å². The van der Waals surface area contributed by atoms with E-state index < -0.39 is 12.1 Å². The minimum Gasteiger partial charge on any atom is -0.497 e. The number of aromatic nitrogens is 1. The van der Waals surface area contributed by atoms with E-state index in [4.69, 9.17) is 9.26 Å². The Labute approximate surface area is 150 Å². The van der Waals surface area contributed by atoms with Gasteiger partial charge in [-0.2, -0.15) is 0 Å². The molecule has 2 heterocycles. The first kappa shape index (κ1) is 17.9. The summed E-state index contributed by atoms with van der Waals surface area (Å²) in [5.74, 6) is 0.693. The van der Waals surface area contributed by atoms with Crippen molar-refractivity contribution in [3.05, 3.63) is 36.1 Å². The first-order chi connectivity index (χ1) is 12.5. The fourth-order valence-corrected chi connectivity index (χ4v) is 3.00. The molecule has 2 atom stereocenters. The van der Waals surface area contributed by atoms with Crippen LogP contribution in [0.1, 0.15) is 19.1 Å². The third kappa shape index (κ3) is 3.85. The summed E-state index contributed by atoms with van der Waals surface area (Å²) in [6.07, 6.45) is -0.444. The van der Waals surface area contributed by atoms with Crippen molar-refractivity contribution >= 4 is 11.8 Å². The highest BCUT2D eigenvalue weighted by atomic mass is 16.5. The summed E-state index contributed by atoms with van der Waals surface area (Å²) in [6.45, 7) is 1.72. The van der Waals surface area contributed by atoms with Crippen LogP contribution in [-0.2, 0) is 16.1 Å². The molecule has 0 radical (unpaired) electrons. The van der Waals surface area contributed by atoms with Crippen LogP contribution < -0.4 is 10.1 Å². The van der Waals surface area contributed by atoms with Crippen LogP contribution >= 0.6 is 0 Å². The Balaban J connectivity index is 1.60. The van der Waals surface area contributed by atoms with Crippen LogP contribution in [0.2, 0.25) is 0 Å². The molecule has 8 heteroatoms. The van der Waals surface area contributed by atoms with E-state index in [1.54, 1.807) is 13.2 Å². The molecule has 138 valence electrons. The molecule has 0 bridgehead atoms. The molecule has 2 amide bonds. The molecular weight excluding hydrogens is 338 g/mol. The number of aliphatic hydroxyl groups is 1. The van der Waals surface area contributed by atoms with Crippen LogP contribution in [0, 0.1) is 0 Å². The first-order valence-electron chi connectivity index (χ1n) is 8.31. The van der Waals surface area contributed by atoms with Crippen LogP contribution in [0.15, 0.2) is 34.9 Å². The molecule has 0 spiro atoms. The Kier molecular flexibility index (Phi) is 5.22. The predicted octanol–water partition coefficient (Wildman–Crippen LogP) is 0.948. The van der Waals surface area contributed by atoms with Crippen LogP contribution in [-0.4, -0.2) is 52.8 Å². The maximum Gasteiger partial charge on any atom is 0.243 e. The summed E-state index contributed by atoms with van der Waals surface area (Å²) in [5, 5.41) is 16.4. The average molecular weight is 359 g/mol. The molecule has 8 nitrogen and oxygen atoms in total. The van der Waals surface area contributed by atoms with Crippen molar-refractivity contribution in [2.75, 3.05) is 13.7 Å². The maximum atomic E-state index is 12.3. The van der Waals surface area contributed by atoms with E-state index in [9.17, 15) is 14.7 Å². The molecule has 1 aromatic carbocycles. The average Bonchev–Trinajstić information content (AvgIpc) is 3.26. The molecular formula is C18H21N3O5. The second-order valence-electron chi connectivity index (χ2n) is 6.20. The minimum absolute atomic E-state index is 0.153. The molecule has 1 aliphatic heterocycles. The Morgan fingerprint density at radius 1 is 1.38 bits per heavy atom. The number of aliphatic hydroxyl groups excluding tert-OH is 1. The van der Waals surface area contributed by atoms with Gasteiger partial charge in [-0.1, -0.05) is 5.16 Å². The first-order valence-corrected chi connectivity index (χ1v) is 8.31. The fourth-order valence-electron chi connectivity index (χ4n) is 3.00. The summed E-state index contributed by atoms with van der Waals surface area (Å²) < 4.78 is 10.4. The summed E-state index contributed by atoms with van der Waals surface area (Å²) in [6, 6.07) is 8.47. The largest absolute Gasteiger partial charge is 0.497 e. The number of amides is 2. The SMILES string of the molecule is COc1ccc(-c2cc(CNC(=O)[C@H]3C[C@@H](O)CN3C(C)=O)on2)cc1. The van der Waals surface area contributed by atoms with Crippen molar-refractivity contribution in [3.8, 4) is 17.0 Å². The lowest BCUT2D eigenvalue weighted by Crippen LogP contribution is -2.44. The lowest BCUT2D eigenvalue weighted by Gasteiger charge is -2.21. The quantitative estimate of drug-likeness (QED) is 0.823. The van der Waals surface area contributed by atoms with Gasteiger partial charge in [-0.25, -0.2) is 0 Å². The summed E-state index contributed by atoms with van der Waals surface area (Å²) >= 11 is 0. The molecule has 0 aliphatic carbocycles. The van der Waals surface area contributed by atoms with Gasteiger partial charge in [-0.15, -0.1) is 0 Å². The highest BCUT2D eigenvalue weighted by Crippen LogP contribution is 2.22. The van der Waals surface area contributed by atoms with Gasteiger partial charge in [0, 0.05) is 31.5 Å². The third-order valence-corrected chi connectivity index (χ3v) is 4.37. The number of benzene rings is 1. The maximum absolute atomic E-state index is 12.3. The molecule has 1 saturated heterocycles. The Morgan fingerprint density at radius 2 is 2.12 bits per heavy atom. The van der Waals surface area contributed by atoms with Gasteiger partial charge in [0.1, 0.15) is 17.5 Å². The van der Waals surface area contributed by atoms with Gasteiger partial charge >= 0.3 is 0 Å². The molecule has 0 saturated carbocycles. The molecule has 1 aromatic heterocycles. The number of ether oxygens (including phenoxy) is 1. The normalized spacial score (nSPS) is 19.4. The highest BCUT2D eigenvalue weighted by molar-refractivity contribution is 5.87. The zero-order valence-electron chi connectivity index (χ0n) is 14.6. The van der Waals surface area contributed by atoms with Crippen molar-refractivity contribution in [2.24, 2.45) is 0 Å². The number of β-amino-alcohol motifs (C(OH)–C–C–N with tert-alkyl or cyclic N) is 1. The van der Waals surface area contributed by atoms with Crippen LogP contribution in [0.25, 0.3) is 11.3 Å². The zero-order chi connectivity index (χ0) is 18.7. The smallest absolute Gasteiger partial charge is 0.243 e. The van der Waals surface area contributed by atoms with E-state index in [0.717, 1.165) is 11.3 Å². The fraction of sp³-hybridized carbons (Fsp3) is 0.389. The molecule has 2 aromatic rings. The second kappa shape index (κ2) is 7.57. The van der Waals surface area contributed by atoms with Crippen molar-refractivity contribution < 1.29 is 24.0 Å². The number of hydrogen-bond acceptors (Lipinski definition) is 6. The summed E-state index contributed by atoms with van der Waals surface area (Å²) in [5.41, 5.74) is 1.52. The number of hydrogen-bond donors (Lipinski definition) is 2. The molecule has 3 rings (SSSR count). The Morgan fingerprint density at radius 3 is 2.77 bits per heavy atom. The standard InChI is InChI=1S/C18H21N3O5/c1-11(22)21-10-13(23)7-17(21)18(24)19-9-15-8-16(20-26-15)12-3-5-14(25-2)6-4-12/h3-6,8,13,17,23H,7,9-10H2,1-2H3,(H,19,24)/t13-,17-/m1/s1. The van der Waals surface area contributed by atoms with Crippen molar-refractivity contribution in [1.82, 2.24) is 15.4 Å². The predicted molar refractivity (Wildman–Crippen MR) is 92.1 cm³/mol. The topological polar surface area (TPSA) is 105 Å². The molecule has 1 aliphatic rings. The number of likely N-dealkylation sites (tertiary alicyclic amines) is 1. The van der Waals surface area contributed by atoms with Crippen LogP contribution in [0.3, 0.4) is 0 Å². The van der Waals surface area contributed by atoms with Gasteiger partial charge in [-0.3, -0.25) is 9.59 Å². The van der Waals surface area contributed by atoms with Gasteiger partial charge in [0.05, 0.1) is 19.8 Å². The van der Waals surface area contributed by atoms with Crippen LogP contribution in [0.4, 0.5) is 0 Å². The molecule has 1 fully saturated rings. The second-order valence-corrected chi connectivity index (χ2v) is 6.20. The molecule has 0 unspecified atom stereocenters. The number of rotatable bonds is 5. The number of carbonyl (C=O) groups is 2. The zero-order valence-corrected chi connectivity index (χ0v) is 14.6. The Bertz CT molecular complexity index is 786. The van der Waals surface area contributed by atoms with Gasteiger partial charge in [0.25, 0.3) is 0 Å². The van der Waals surface area contributed by atoms with Gasteiger partial charge in [-0.05, 0) is 24.3 Å². The van der Waals surface area contributed by atoms with Crippen molar-refractivity contribution in [3.63, 3.8) is 0 Å². The van der Waals surface area contributed by atoms with E-state index >= 15 is 0 Å². The third-order valence-electron chi connectivity index (χ3n) is 4.37. The van der Waals surface area contributed by atoms with E-state index in [2.05, 4.69) is 10.5 Å². The summed E-state index contributed by atoms with van der Waals surface area (Å²) in [4.78, 5) is 25.3.